The smallest absolute Gasteiger partial charge is 0.387 e. The van der Waals surface area contributed by atoms with Crippen LogP contribution < -0.4 is 14.2 Å². The maximum atomic E-state index is 12.3. The van der Waals surface area contributed by atoms with Gasteiger partial charge in [-0.05, 0) is 42.8 Å². The fraction of sp³-hybridized carbons (Fsp3) is 0.167. The third kappa shape index (κ3) is 5.50. The Morgan fingerprint density at radius 3 is 2.52 bits per heavy atom. The number of methoxy groups -OCH3 is 1. The minimum absolute atomic E-state index is 0.0801. The number of hydrogen-bond donors (Lipinski definition) is 0. The van der Waals surface area contributed by atoms with Gasteiger partial charge in [0.25, 0.3) is 5.69 Å². The Kier molecular flexibility index (Phi) is 6.42. The molecule has 7 nitrogen and oxygen atoms in total. The van der Waals surface area contributed by atoms with E-state index in [9.17, 15) is 23.7 Å². The highest BCUT2D eigenvalue weighted by atomic mass is 19.3. The van der Waals surface area contributed by atoms with E-state index in [1.54, 1.807) is 0 Å². The van der Waals surface area contributed by atoms with Gasteiger partial charge in [-0.25, -0.2) is 4.79 Å². The molecule has 0 aliphatic heterocycles. The molecular weight excluding hydrogens is 364 g/mol. The summed E-state index contributed by atoms with van der Waals surface area (Å²) in [4.78, 5) is 22.1. The summed E-state index contributed by atoms with van der Waals surface area (Å²) >= 11 is 0. The van der Waals surface area contributed by atoms with E-state index < -0.39 is 17.5 Å². The Labute approximate surface area is 152 Å². The maximum absolute atomic E-state index is 12.3. The molecule has 0 radical (unpaired) electrons. The Balaban J connectivity index is 2.08. The molecule has 0 atom stereocenters. The zero-order valence-corrected chi connectivity index (χ0v) is 14.3. The second kappa shape index (κ2) is 8.75. The summed E-state index contributed by atoms with van der Waals surface area (Å²) in [6.07, 6.45) is 2.52. The molecule has 9 heteroatoms. The van der Waals surface area contributed by atoms with Gasteiger partial charge in [-0.2, -0.15) is 8.78 Å². The van der Waals surface area contributed by atoms with Crippen molar-refractivity contribution in [2.24, 2.45) is 0 Å². The van der Waals surface area contributed by atoms with Gasteiger partial charge in [0.05, 0.1) is 12.0 Å². The second-order valence-corrected chi connectivity index (χ2v) is 5.25. The van der Waals surface area contributed by atoms with E-state index in [4.69, 9.17) is 9.47 Å². The van der Waals surface area contributed by atoms with Crippen molar-refractivity contribution in [3.8, 4) is 17.2 Å². The molecule has 0 heterocycles. The summed E-state index contributed by atoms with van der Waals surface area (Å²) in [6, 6.07) is 8.10. The van der Waals surface area contributed by atoms with E-state index in [0.717, 1.165) is 6.08 Å². The van der Waals surface area contributed by atoms with Crippen LogP contribution in [0.5, 0.6) is 17.2 Å². The van der Waals surface area contributed by atoms with Crippen molar-refractivity contribution < 1.29 is 32.7 Å². The number of esters is 1. The van der Waals surface area contributed by atoms with Crippen LogP contribution in [0.15, 0.2) is 42.5 Å². The van der Waals surface area contributed by atoms with E-state index in [2.05, 4.69) is 4.74 Å². The molecule has 142 valence electrons. The molecule has 0 N–H and O–H groups in total. The van der Waals surface area contributed by atoms with E-state index >= 15 is 0 Å². The van der Waals surface area contributed by atoms with Crippen LogP contribution in [0.1, 0.15) is 11.1 Å². The van der Waals surface area contributed by atoms with Crippen molar-refractivity contribution in [3.63, 3.8) is 0 Å². The number of rotatable bonds is 7. The van der Waals surface area contributed by atoms with Gasteiger partial charge >= 0.3 is 12.6 Å². The molecule has 0 spiro atoms. The van der Waals surface area contributed by atoms with E-state index in [1.807, 2.05) is 0 Å². The van der Waals surface area contributed by atoms with Gasteiger partial charge in [0.15, 0.2) is 11.5 Å². The minimum atomic E-state index is -2.99. The first-order valence-electron chi connectivity index (χ1n) is 7.58. The summed E-state index contributed by atoms with van der Waals surface area (Å²) in [7, 11) is 1.30. The van der Waals surface area contributed by atoms with E-state index in [1.165, 1.54) is 56.5 Å². The Morgan fingerprint density at radius 2 is 1.93 bits per heavy atom. The van der Waals surface area contributed by atoms with Crippen LogP contribution in [0.4, 0.5) is 14.5 Å². The Morgan fingerprint density at radius 1 is 1.19 bits per heavy atom. The van der Waals surface area contributed by atoms with Gasteiger partial charge in [0, 0.05) is 17.7 Å². The average Bonchev–Trinajstić information content (AvgIpc) is 2.60. The van der Waals surface area contributed by atoms with Crippen LogP contribution in [0.2, 0.25) is 0 Å². The third-order valence-electron chi connectivity index (χ3n) is 3.40. The first kappa shape index (κ1) is 19.8. The highest BCUT2D eigenvalue weighted by Gasteiger charge is 2.12. The molecule has 0 saturated heterocycles. The molecule has 0 aromatic heterocycles. The standard InChI is InChI=1S/C18H15F2NO6/c1-11-9-13(5-6-14(11)21(23)24)26-17(22)8-4-12-3-7-15(27-18(19)20)16(10-12)25-2/h3-10,18H,1-2H3. The van der Waals surface area contributed by atoms with Crippen LogP contribution in [0, 0.1) is 17.0 Å². The van der Waals surface area contributed by atoms with E-state index in [-0.39, 0.29) is 22.9 Å². The lowest BCUT2D eigenvalue weighted by Crippen LogP contribution is -2.04. The lowest BCUT2D eigenvalue weighted by molar-refractivity contribution is -0.385. The van der Waals surface area contributed by atoms with Crippen molar-refractivity contribution in [1.82, 2.24) is 0 Å². The minimum Gasteiger partial charge on any atom is -0.493 e. The number of nitro benzene ring substituents is 1. The summed E-state index contributed by atoms with van der Waals surface area (Å²) < 4.78 is 39.0. The quantitative estimate of drug-likeness (QED) is 0.236. The number of carbonyl (C=O) groups is 1. The number of halogens is 2. The number of benzene rings is 2. The van der Waals surface area contributed by atoms with Crippen molar-refractivity contribution in [3.05, 3.63) is 63.7 Å². The molecule has 2 aromatic carbocycles. The van der Waals surface area contributed by atoms with Crippen LogP contribution in [-0.2, 0) is 4.79 Å². The van der Waals surface area contributed by atoms with Crippen LogP contribution >= 0.6 is 0 Å². The summed E-state index contributed by atoms with van der Waals surface area (Å²) in [5.41, 5.74) is 0.766. The number of alkyl halides is 2. The summed E-state index contributed by atoms with van der Waals surface area (Å²) in [5.74, 6) is -0.605. The van der Waals surface area contributed by atoms with Gasteiger partial charge in [0.2, 0.25) is 0 Å². The molecule has 0 aliphatic rings. The van der Waals surface area contributed by atoms with Gasteiger partial charge in [-0.3, -0.25) is 10.1 Å². The molecule has 0 unspecified atom stereocenters. The Bertz CT molecular complexity index is 882. The predicted molar refractivity (Wildman–Crippen MR) is 92.1 cm³/mol. The van der Waals surface area contributed by atoms with Gasteiger partial charge in [0.1, 0.15) is 5.75 Å². The molecule has 27 heavy (non-hydrogen) atoms. The van der Waals surface area contributed by atoms with Crippen molar-refractivity contribution in [2.75, 3.05) is 7.11 Å². The molecule has 0 amide bonds. The first-order chi connectivity index (χ1) is 12.8. The summed E-state index contributed by atoms with van der Waals surface area (Å²) in [6.45, 7) is -1.46. The lowest BCUT2D eigenvalue weighted by Gasteiger charge is -2.10. The number of carbonyl (C=O) groups excluding carboxylic acids is 1. The number of hydrogen-bond acceptors (Lipinski definition) is 6. The number of nitrogens with zero attached hydrogens (tertiary/aromatic N) is 1. The summed E-state index contributed by atoms with van der Waals surface area (Å²) in [5, 5.41) is 10.8. The van der Waals surface area contributed by atoms with Gasteiger partial charge in [-0.15, -0.1) is 0 Å². The van der Waals surface area contributed by atoms with Crippen molar-refractivity contribution in [1.29, 1.82) is 0 Å². The molecule has 0 aliphatic carbocycles. The number of nitro groups is 1. The molecule has 0 fully saturated rings. The molecular formula is C18H15F2NO6. The fourth-order valence-electron chi connectivity index (χ4n) is 2.19. The van der Waals surface area contributed by atoms with Crippen molar-refractivity contribution in [2.45, 2.75) is 13.5 Å². The SMILES string of the molecule is COc1cc(C=CC(=O)Oc2ccc([N+](=O)[O-])c(C)c2)ccc1OC(F)F. The molecule has 2 aromatic rings. The fourth-order valence-corrected chi connectivity index (χ4v) is 2.19. The van der Waals surface area contributed by atoms with E-state index in [0.29, 0.717) is 11.1 Å². The maximum Gasteiger partial charge on any atom is 0.387 e. The van der Waals surface area contributed by atoms with Crippen LogP contribution in [-0.4, -0.2) is 24.6 Å². The third-order valence-corrected chi connectivity index (χ3v) is 3.40. The number of aryl methyl sites for hydroxylation is 1. The highest BCUT2D eigenvalue weighted by Crippen LogP contribution is 2.30. The second-order valence-electron chi connectivity index (χ2n) is 5.25. The van der Waals surface area contributed by atoms with Crippen LogP contribution in [0.3, 0.4) is 0 Å². The van der Waals surface area contributed by atoms with Gasteiger partial charge < -0.3 is 14.2 Å². The molecule has 2 rings (SSSR count). The predicted octanol–water partition coefficient (Wildman–Crippen LogP) is 4.13. The highest BCUT2D eigenvalue weighted by molar-refractivity contribution is 5.88. The number of ether oxygens (including phenoxy) is 3. The monoisotopic (exact) mass is 379 g/mol. The zero-order valence-electron chi connectivity index (χ0n) is 14.3. The average molecular weight is 379 g/mol. The first-order valence-corrected chi connectivity index (χ1v) is 7.58. The van der Waals surface area contributed by atoms with Gasteiger partial charge in [-0.1, -0.05) is 6.07 Å². The molecule has 0 saturated carbocycles. The molecule has 0 bridgehead atoms. The zero-order chi connectivity index (χ0) is 20.0. The van der Waals surface area contributed by atoms with Crippen LogP contribution in [0.25, 0.3) is 6.08 Å². The topological polar surface area (TPSA) is 87.9 Å². The lowest BCUT2D eigenvalue weighted by atomic mass is 10.2. The van der Waals surface area contributed by atoms with Crippen molar-refractivity contribution >= 4 is 17.7 Å². The largest absolute Gasteiger partial charge is 0.493 e. The Hall–Kier alpha value is -3.49. The normalized spacial score (nSPS) is 10.9.